The van der Waals surface area contributed by atoms with Gasteiger partial charge in [0.1, 0.15) is 11.9 Å². The summed E-state index contributed by atoms with van der Waals surface area (Å²) < 4.78 is 10.9. The van der Waals surface area contributed by atoms with Gasteiger partial charge < -0.3 is 9.47 Å². The summed E-state index contributed by atoms with van der Waals surface area (Å²) in [5.41, 5.74) is 3.91. The molecule has 0 bridgehead atoms. The molecule has 0 aromatic heterocycles. The molecule has 0 radical (unpaired) electrons. The molecule has 0 saturated carbocycles. The summed E-state index contributed by atoms with van der Waals surface area (Å²) in [6.45, 7) is 8.04. The van der Waals surface area contributed by atoms with Crippen molar-refractivity contribution in [3.8, 4) is 5.75 Å². The van der Waals surface area contributed by atoms with Crippen LogP contribution in [0.5, 0.6) is 5.75 Å². The molecule has 0 amide bonds. The Labute approximate surface area is 126 Å². The maximum absolute atomic E-state index is 5.81. The third-order valence-corrected chi connectivity index (χ3v) is 4.26. The molecule has 1 saturated heterocycles. The van der Waals surface area contributed by atoms with Crippen LogP contribution in [0.4, 0.5) is 0 Å². The summed E-state index contributed by atoms with van der Waals surface area (Å²) >= 11 is 0. The highest BCUT2D eigenvalue weighted by molar-refractivity contribution is 5.40. The monoisotopic (exact) mass is 282 g/mol. The van der Waals surface area contributed by atoms with Crippen molar-refractivity contribution in [1.82, 2.24) is 0 Å². The lowest BCUT2D eigenvalue weighted by Crippen LogP contribution is -2.38. The van der Waals surface area contributed by atoms with Crippen molar-refractivity contribution in [3.63, 3.8) is 0 Å². The van der Waals surface area contributed by atoms with Crippen LogP contribution in [0.3, 0.4) is 0 Å². The molecule has 1 aliphatic rings. The Bertz CT molecular complexity index is 592. The lowest BCUT2D eigenvalue weighted by Gasteiger charge is -2.28. The van der Waals surface area contributed by atoms with Crippen molar-refractivity contribution in [2.45, 2.75) is 32.3 Å². The summed E-state index contributed by atoms with van der Waals surface area (Å²) in [5.74, 6) is 0.923. The molecule has 2 aromatic rings. The zero-order valence-corrected chi connectivity index (χ0v) is 12.9. The minimum absolute atomic E-state index is 0.00812. The maximum Gasteiger partial charge on any atom is 0.145 e. The zero-order valence-electron chi connectivity index (χ0n) is 12.9. The Morgan fingerprint density at radius 3 is 1.90 bits per heavy atom. The van der Waals surface area contributed by atoms with Crippen LogP contribution in [-0.2, 0) is 10.2 Å². The van der Waals surface area contributed by atoms with Gasteiger partial charge in [0.05, 0.1) is 13.2 Å². The van der Waals surface area contributed by atoms with Gasteiger partial charge in [-0.15, -0.1) is 0 Å². The van der Waals surface area contributed by atoms with Crippen molar-refractivity contribution in [1.29, 1.82) is 0 Å². The van der Waals surface area contributed by atoms with Crippen LogP contribution < -0.4 is 4.74 Å². The lowest BCUT2D eigenvalue weighted by atomic mass is 9.78. The van der Waals surface area contributed by atoms with E-state index in [0.29, 0.717) is 13.2 Å². The highest BCUT2D eigenvalue weighted by Crippen LogP contribution is 2.32. The molecule has 21 heavy (non-hydrogen) atoms. The lowest BCUT2D eigenvalue weighted by molar-refractivity contribution is -0.0796. The van der Waals surface area contributed by atoms with Gasteiger partial charge in [-0.05, 0) is 30.2 Å². The maximum atomic E-state index is 5.81. The van der Waals surface area contributed by atoms with Crippen LogP contribution in [0.2, 0.25) is 0 Å². The van der Waals surface area contributed by atoms with Crippen LogP contribution in [0.1, 0.15) is 30.5 Å². The van der Waals surface area contributed by atoms with Crippen LogP contribution >= 0.6 is 0 Å². The molecule has 1 aliphatic heterocycles. The first-order valence-electron chi connectivity index (χ1n) is 7.48. The number of ether oxygens (including phenoxy) is 2. The summed E-state index contributed by atoms with van der Waals surface area (Å²) in [4.78, 5) is 0. The first-order valence-corrected chi connectivity index (χ1v) is 7.48. The van der Waals surface area contributed by atoms with Gasteiger partial charge in [-0.1, -0.05) is 55.8 Å². The molecule has 2 heteroatoms. The van der Waals surface area contributed by atoms with Crippen LogP contribution in [0.15, 0.2) is 48.5 Å². The minimum Gasteiger partial charge on any atom is -0.486 e. The molecule has 2 nitrogen and oxygen atoms in total. The summed E-state index contributed by atoms with van der Waals surface area (Å²) in [5, 5.41) is 0. The molecule has 0 N–H and O–H groups in total. The number of rotatable bonds is 4. The largest absolute Gasteiger partial charge is 0.486 e. The summed E-state index contributed by atoms with van der Waals surface area (Å²) in [7, 11) is 0. The number of hydrogen-bond acceptors (Lipinski definition) is 2. The molecule has 110 valence electrons. The Morgan fingerprint density at radius 2 is 1.43 bits per heavy atom. The van der Waals surface area contributed by atoms with E-state index in [0.717, 1.165) is 5.75 Å². The quantitative estimate of drug-likeness (QED) is 0.840. The van der Waals surface area contributed by atoms with Gasteiger partial charge in [0, 0.05) is 5.41 Å². The van der Waals surface area contributed by atoms with E-state index in [-0.39, 0.29) is 11.5 Å². The fourth-order valence-corrected chi connectivity index (χ4v) is 2.56. The van der Waals surface area contributed by atoms with E-state index in [9.17, 15) is 0 Å². The Morgan fingerprint density at radius 1 is 0.905 bits per heavy atom. The van der Waals surface area contributed by atoms with Crippen LogP contribution in [-0.4, -0.2) is 19.3 Å². The first kappa shape index (κ1) is 14.2. The molecule has 1 heterocycles. The van der Waals surface area contributed by atoms with Gasteiger partial charge in [-0.2, -0.15) is 0 Å². The predicted molar refractivity (Wildman–Crippen MR) is 85.0 cm³/mol. The van der Waals surface area contributed by atoms with E-state index in [1.165, 1.54) is 16.7 Å². The highest BCUT2D eigenvalue weighted by atomic mass is 16.6. The third-order valence-electron chi connectivity index (χ3n) is 4.26. The van der Waals surface area contributed by atoms with Gasteiger partial charge in [0.15, 0.2) is 0 Å². The SMILES string of the molecule is Cc1ccc(C(C)(C)c2ccc(OC3COC3)cc2)cc1. The van der Waals surface area contributed by atoms with Crippen molar-refractivity contribution in [3.05, 3.63) is 65.2 Å². The molecular weight excluding hydrogens is 260 g/mol. The van der Waals surface area contributed by atoms with E-state index >= 15 is 0 Å². The smallest absolute Gasteiger partial charge is 0.145 e. The first-order chi connectivity index (χ1) is 10.1. The average molecular weight is 282 g/mol. The van der Waals surface area contributed by atoms with Gasteiger partial charge in [0.25, 0.3) is 0 Å². The van der Waals surface area contributed by atoms with Crippen molar-refractivity contribution >= 4 is 0 Å². The van der Waals surface area contributed by atoms with Crippen molar-refractivity contribution in [2.24, 2.45) is 0 Å². The second kappa shape index (κ2) is 5.53. The summed E-state index contributed by atoms with van der Waals surface area (Å²) in [6.07, 6.45) is 0.223. The van der Waals surface area contributed by atoms with E-state index in [1.54, 1.807) is 0 Å². The molecule has 0 unspecified atom stereocenters. The second-order valence-corrected chi connectivity index (χ2v) is 6.29. The van der Waals surface area contributed by atoms with Gasteiger partial charge >= 0.3 is 0 Å². The van der Waals surface area contributed by atoms with Gasteiger partial charge in [0.2, 0.25) is 0 Å². The Kier molecular flexibility index (Phi) is 3.73. The standard InChI is InChI=1S/C19H22O2/c1-14-4-6-15(7-5-14)19(2,3)16-8-10-17(11-9-16)21-18-12-20-13-18/h4-11,18H,12-13H2,1-3H3. The van der Waals surface area contributed by atoms with E-state index < -0.39 is 0 Å². The van der Waals surface area contributed by atoms with Gasteiger partial charge in [-0.3, -0.25) is 0 Å². The Hall–Kier alpha value is -1.80. The highest BCUT2D eigenvalue weighted by Gasteiger charge is 2.24. The number of aryl methyl sites for hydroxylation is 1. The number of benzene rings is 2. The Balaban J connectivity index is 1.79. The molecule has 0 atom stereocenters. The topological polar surface area (TPSA) is 18.5 Å². The predicted octanol–water partition coefficient (Wildman–Crippen LogP) is 4.10. The molecule has 3 rings (SSSR count). The van der Waals surface area contributed by atoms with Crippen molar-refractivity contribution < 1.29 is 9.47 Å². The average Bonchev–Trinajstić information content (AvgIpc) is 2.44. The summed E-state index contributed by atoms with van der Waals surface area (Å²) in [6, 6.07) is 17.2. The fourth-order valence-electron chi connectivity index (χ4n) is 2.56. The second-order valence-electron chi connectivity index (χ2n) is 6.29. The third kappa shape index (κ3) is 2.96. The molecule has 2 aromatic carbocycles. The molecular formula is C19H22O2. The van der Waals surface area contributed by atoms with Crippen LogP contribution in [0.25, 0.3) is 0 Å². The van der Waals surface area contributed by atoms with E-state index in [2.05, 4.69) is 69.3 Å². The minimum atomic E-state index is -0.00812. The number of hydrogen-bond donors (Lipinski definition) is 0. The van der Waals surface area contributed by atoms with E-state index in [4.69, 9.17) is 9.47 Å². The molecule has 0 aliphatic carbocycles. The van der Waals surface area contributed by atoms with Crippen molar-refractivity contribution in [2.75, 3.05) is 13.2 Å². The molecule has 0 spiro atoms. The fraction of sp³-hybridized carbons (Fsp3) is 0.368. The zero-order chi connectivity index (χ0) is 14.9. The van der Waals surface area contributed by atoms with E-state index in [1.807, 2.05) is 0 Å². The molecule has 1 fully saturated rings. The van der Waals surface area contributed by atoms with Gasteiger partial charge in [-0.25, -0.2) is 0 Å². The normalized spacial score (nSPS) is 15.6. The van der Waals surface area contributed by atoms with Crippen LogP contribution in [0, 0.1) is 6.92 Å².